The van der Waals surface area contributed by atoms with Crippen molar-refractivity contribution in [2.45, 2.75) is 66.2 Å². The molecule has 1 aromatic carbocycles. The van der Waals surface area contributed by atoms with Crippen molar-refractivity contribution in [2.75, 3.05) is 11.9 Å². The van der Waals surface area contributed by atoms with E-state index in [2.05, 4.69) is 21.0 Å². The molecule has 2 aromatic rings. The van der Waals surface area contributed by atoms with Crippen LogP contribution in [-0.4, -0.2) is 40.0 Å². The van der Waals surface area contributed by atoms with Crippen molar-refractivity contribution >= 4 is 23.7 Å². The molecule has 0 atom stereocenters. The largest absolute Gasteiger partial charge is 0.444 e. The highest BCUT2D eigenvalue weighted by molar-refractivity contribution is 5.99. The Morgan fingerprint density at radius 1 is 1.06 bits per heavy atom. The minimum Gasteiger partial charge on any atom is -0.444 e. The zero-order valence-electron chi connectivity index (χ0n) is 21.6. The Balaban J connectivity index is 1.52. The van der Waals surface area contributed by atoms with Gasteiger partial charge in [0.25, 0.3) is 5.91 Å². The number of carbonyl (C=O) groups is 3. The van der Waals surface area contributed by atoms with Crippen molar-refractivity contribution in [1.82, 2.24) is 20.7 Å². The van der Waals surface area contributed by atoms with E-state index in [4.69, 9.17) is 4.74 Å². The highest BCUT2D eigenvalue weighted by Crippen LogP contribution is 2.21. The number of ether oxygens (including phenoxy) is 1. The number of aryl methyl sites for hydroxylation is 1. The van der Waals surface area contributed by atoms with E-state index in [1.165, 1.54) is 0 Å². The quantitative estimate of drug-likeness (QED) is 0.512. The number of anilines is 1. The average molecular weight is 494 g/mol. The van der Waals surface area contributed by atoms with E-state index in [-0.39, 0.29) is 24.8 Å². The van der Waals surface area contributed by atoms with Crippen LogP contribution in [0.5, 0.6) is 0 Å². The minimum atomic E-state index is -0.605. The van der Waals surface area contributed by atoms with E-state index in [0.29, 0.717) is 36.6 Å². The van der Waals surface area contributed by atoms with Gasteiger partial charge in [-0.25, -0.2) is 15.2 Å². The summed E-state index contributed by atoms with van der Waals surface area (Å²) in [4.78, 5) is 42.0. The molecule has 0 unspecified atom stereocenters. The summed E-state index contributed by atoms with van der Waals surface area (Å²) in [5.74, 6) is -0.0354. The number of pyridine rings is 1. The van der Waals surface area contributed by atoms with E-state index >= 15 is 0 Å². The van der Waals surface area contributed by atoms with Gasteiger partial charge in [-0.15, -0.1) is 0 Å². The van der Waals surface area contributed by atoms with E-state index < -0.39 is 11.7 Å². The molecule has 3 rings (SSSR count). The normalized spacial score (nSPS) is 14.0. The second-order valence-corrected chi connectivity index (χ2v) is 9.81. The van der Waals surface area contributed by atoms with Gasteiger partial charge in [-0.2, -0.15) is 0 Å². The molecule has 0 saturated carbocycles. The monoisotopic (exact) mass is 493 g/mol. The molecule has 1 aromatic heterocycles. The molecule has 192 valence electrons. The first-order valence-corrected chi connectivity index (χ1v) is 12.0. The van der Waals surface area contributed by atoms with Crippen LogP contribution in [0.3, 0.4) is 0 Å². The summed E-state index contributed by atoms with van der Waals surface area (Å²) in [6.45, 7) is 10.4. The minimum absolute atomic E-state index is 0.0128. The highest BCUT2D eigenvalue weighted by Gasteiger charge is 2.26. The molecule has 0 bridgehead atoms. The van der Waals surface area contributed by atoms with Gasteiger partial charge in [-0.05, 0) is 58.2 Å². The van der Waals surface area contributed by atoms with Gasteiger partial charge in [-0.1, -0.05) is 42.0 Å². The average Bonchev–Trinajstić information content (AvgIpc) is 2.80. The molecule has 1 aliphatic heterocycles. The van der Waals surface area contributed by atoms with Crippen molar-refractivity contribution in [3.63, 3.8) is 0 Å². The van der Waals surface area contributed by atoms with Crippen molar-refractivity contribution in [2.24, 2.45) is 0 Å². The van der Waals surface area contributed by atoms with Gasteiger partial charge in [0.1, 0.15) is 11.4 Å². The molecule has 3 amide bonds. The maximum atomic E-state index is 13.0. The number of nitrogens with zero attached hydrogens (tertiary/aromatic N) is 2. The van der Waals surface area contributed by atoms with Gasteiger partial charge >= 0.3 is 6.09 Å². The number of carbonyl (C=O) groups excluding carboxylic acids is 3. The van der Waals surface area contributed by atoms with Crippen molar-refractivity contribution in [1.29, 1.82) is 0 Å². The Labute approximate surface area is 212 Å². The first-order valence-electron chi connectivity index (χ1n) is 12.0. The Morgan fingerprint density at radius 2 is 1.78 bits per heavy atom. The molecule has 0 aliphatic carbocycles. The molecule has 0 fully saturated rings. The molecule has 1 aliphatic rings. The Bertz CT molecular complexity index is 1140. The molecular weight excluding hydrogens is 458 g/mol. The molecule has 3 N–H and O–H groups in total. The third-order valence-electron chi connectivity index (χ3n) is 5.68. The molecule has 36 heavy (non-hydrogen) atoms. The highest BCUT2D eigenvalue weighted by atomic mass is 16.6. The van der Waals surface area contributed by atoms with Crippen LogP contribution in [0.25, 0.3) is 0 Å². The van der Waals surface area contributed by atoms with Crippen LogP contribution in [0.15, 0.2) is 53.6 Å². The lowest BCUT2D eigenvalue weighted by Gasteiger charge is -2.30. The van der Waals surface area contributed by atoms with Crippen molar-refractivity contribution in [3.05, 3.63) is 70.4 Å². The topological polar surface area (TPSA) is 113 Å². The molecular formula is C27H35N5O4. The zero-order valence-corrected chi connectivity index (χ0v) is 21.6. The van der Waals surface area contributed by atoms with E-state index in [9.17, 15) is 14.4 Å². The van der Waals surface area contributed by atoms with Gasteiger partial charge in [0, 0.05) is 30.9 Å². The van der Waals surface area contributed by atoms with Gasteiger partial charge in [0.2, 0.25) is 5.91 Å². The summed E-state index contributed by atoms with van der Waals surface area (Å²) in [7, 11) is 0. The van der Waals surface area contributed by atoms with Crippen LogP contribution < -0.4 is 16.1 Å². The zero-order chi connectivity index (χ0) is 26.3. The van der Waals surface area contributed by atoms with Gasteiger partial charge < -0.3 is 10.1 Å². The number of nitrogens with one attached hydrogen (secondary N) is 3. The first kappa shape index (κ1) is 26.9. The van der Waals surface area contributed by atoms with Crippen molar-refractivity contribution < 1.29 is 19.1 Å². The summed E-state index contributed by atoms with van der Waals surface area (Å²) >= 11 is 0. The maximum absolute atomic E-state index is 13.0. The fourth-order valence-electron chi connectivity index (χ4n) is 3.71. The Kier molecular flexibility index (Phi) is 8.82. The van der Waals surface area contributed by atoms with Crippen LogP contribution in [0.1, 0.15) is 57.4 Å². The summed E-state index contributed by atoms with van der Waals surface area (Å²) in [6, 6.07) is 13.3. The molecule has 9 nitrogen and oxygen atoms in total. The predicted octanol–water partition coefficient (Wildman–Crippen LogP) is 4.00. The second-order valence-electron chi connectivity index (χ2n) is 9.81. The van der Waals surface area contributed by atoms with E-state index in [1.54, 1.807) is 44.8 Å². The van der Waals surface area contributed by atoms with E-state index in [0.717, 1.165) is 16.7 Å². The van der Waals surface area contributed by atoms with Gasteiger partial charge in [0.15, 0.2) is 0 Å². The summed E-state index contributed by atoms with van der Waals surface area (Å²) in [5.41, 5.74) is 6.58. The fourth-order valence-corrected chi connectivity index (χ4v) is 3.71. The summed E-state index contributed by atoms with van der Waals surface area (Å²) in [5, 5.41) is 7.07. The van der Waals surface area contributed by atoms with Crippen LogP contribution in [0, 0.1) is 6.92 Å². The lowest BCUT2D eigenvalue weighted by molar-refractivity contribution is -0.132. The number of amides is 3. The van der Waals surface area contributed by atoms with Gasteiger partial charge in [0.05, 0.1) is 6.42 Å². The molecule has 2 heterocycles. The lowest BCUT2D eigenvalue weighted by Crippen LogP contribution is -2.46. The molecule has 0 radical (unpaired) electrons. The van der Waals surface area contributed by atoms with Crippen LogP contribution in [-0.2, 0) is 27.4 Å². The first-order chi connectivity index (χ1) is 17.0. The van der Waals surface area contributed by atoms with Gasteiger partial charge in [-0.3, -0.25) is 19.9 Å². The Morgan fingerprint density at radius 3 is 2.44 bits per heavy atom. The summed E-state index contributed by atoms with van der Waals surface area (Å²) in [6.07, 6.45) is 0.146. The van der Waals surface area contributed by atoms with Crippen LogP contribution >= 0.6 is 0 Å². The van der Waals surface area contributed by atoms with E-state index in [1.807, 2.05) is 37.3 Å². The smallest absolute Gasteiger partial charge is 0.413 e. The Hall–Kier alpha value is -3.72. The third kappa shape index (κ3) is 7.91. The van der Waals surface area contributed by atoms with Crippen LogP contribution in [0.4, 0.5) is 10.6 Å². The molecule has 0 spiro atoms. The number of hydrazine groups is 1. The number of rotatable bonds is 8. The fraction of sp³-hybridized carbons (Fsp3) is 0.407. The standard InChI is InChI=1S/C27H35N5O4/c1-18-13-14-32(29-16-20-9-7-6-8-10-20)25(34)22(18)15-24(33)28-17-21-11-12-23(30-19(21)2)31-26(35)36-27(3,4)5/h6-12,29H,13-17H2,1-5H3,(H,28,33)(H,30,31,35). The SMILES string of the molecule is CC1=C(CC(=O)NCc2ccc(NC(=O)OC(C)(C)C)nc2C)C(=O)N(NCc2ccccc2)CC1. The van der Waals surface area contributed by atoms with Crippen LogP contribution in [0.2, 0.25) is 0 Å². The maximum Gasteiger partial charge on any atom is 0.413 e. The lowest BCUT2D eigenvalue weighted by atomic mass is 9.98. The van der Waals surface area contributed by atoms with Crippen molar-refractivity contribution in [3.8, 4) is 0 Å². The number of hydrogen-bond donors (Lipinski definition) is 3. The second kappa shape index (κ2) is 11.8. The third-order valence-corrected chi connectivity index (χ3v) is 5.68. The predicted molar refractivity (Wildman–Crippen MR) is 138 cm³/mol. The summed E-state index contributed by atoms with van der Waals surface area (Å²) < 4.78 is 5.24. The number of benzene rings is 1. The molecule has 0 saturated heterocycles. The number of hydrogen-bond acceptors (Lipinski definition) is 6. The molecule has 9 heteroatoms. The number of aromatic nitrogens is 1.